The molecule has 4 aromatic rings. The highest BCUT2D eigenvalue weighted by Crippen LogP contribution is 2.53. The standard InChI is InChI=1S/C27H24F2N6O3/c1-12-14(8-20-24(32-12)27(2,30)10-37-20)16-9-17-22-15-7-18(23(22)33-35(17)11-31-16)34(3)25(36)13-5-4-6-19(21(13)15)38-26(28)29/h4-6,8-9,11,15,18,26H,7,10,30H2,1-3H3/t15-,18-,27+/m1/s1/i3D3. The Morgan fingerprint density at radius 1 is 1.29 bits per heavy atom. The van der Waals surface area contributed by atoms with Gasteiger partial charge in [-0.3, -0.25) is 9.78 Å². The van der Waals surface area contributed by atoms with Crippen molar-refractivity contribution in [2.75, 3.05) is 13.6 Å². The van der Waals surface area contributed by atoms with Gasteiger partial charge in [-0.25, -0.2) is 9.50 Å². The number of alkyl halides is 2. The highest BCUT2D eigenvalue weighted by Gasteiger charge is 2.46. The first-order valence-electron chi connectivity index (χ1n) is 13.6. The second-order valence-electron chi connectivity index (χ2n) is 10.2. The molecule has 2 aliphatic heterocycles. The summed E-state index contributed by atoms with van der Waals surface area (Å²) in [5, 5.41) is 4.64. The van der Waals surface area contributed by atoms with Gasteiger partial charge in [-0.2, -0.15) is 13.9 Å². The molecule has 0 saturated carbocycles. The van der Waals surface area contributed by atoms with Crippen molar-refractivity contribution in [2.45, 2.75) is 44.4 Å². The molecule has 2 bridgehead atoms. The Bertz CT molecular complexity index is 1770. The second kappa shape index (κ2) is 7.70. The van der Waals surface area contributed by atoms with E-state index in [2.05, 4.69) is 10.1 Å². The summed E-state index contributed by atoms with van der Waals surface area (Å²) in [4.78, 5) is 23.7. The monoisotopic (exact) mass is 521 g/mol. The van der Waals surface area contributed by atoms with Crippen molar-refractivity contribution in [1.82, 2.24) is 24.5 Å². The van der Waals surface area contributed by atoms with Crippen LogP contribution >= 0.6 is 0 Å². The van der Waals surface area contributed by atoms with Crippen LogP contribution < -0.4 is 15.2 Å². The molecule has 11 heteroatoms. The first kappa shape index (κ1) is 19.9. The van der Waals surface area contributed by atoms with Crippen LogP contribution in [0.3, 0.4) is 0 Å². The van der Waals surface area contributed by atoms with E-state index in [1.54, 1.807) is 6.07 Å². The lowest BCUT2D eigenvalue weighted by molar-refractivity contribution is -0.0505. The molecule has 3 aromatic heterocycles. The normalized spacial score (nSPS) is 24.8. The van der Waals surface area contributed by atoms with Gasteiger partial charge in [0.25, 0.3) is 5.91 Å². The number of aryl methyl sites for hydroxylation is 1. The van der Waals surface area contributed by atoms with E-state index in [0.717, 1.165) is 4.90 Å². The van der Waals surface area contributed by atoms with Crippen LogP contribution in [-0.2, 0) is 5.54 Å². The van der Waals surface area contributed by atoms with Crippen LogP contribution in [0.4, 0.5) is 8.78 Å². The third-order valence-corrected chi connectivity index (χ3v) is 7.63. The number of ether oxygens (including phenoxy) is 2. The number of halogens is 2. The van der Waals surface area contributed by atoms with Gasteiger partial charge in [0, 0.05) is 45.0 Å². The van der Waals surface area contributed by atoms with E-state index in [1.165, 1.54) is 29.0 Å². The maximum absolute atomic E-state index is 13.6. The molecule has 2 N–H and O–H groups in total. The quantitative estimate of drug-likeness (QED) is 0.435. The van der Waals surface area contributed by atoms with Crippen LogP contribution in [-0.4, -0.2) is 50.6 Å². The molecule has 0 spiro atoms. The topological polar surface area (TPSA) is 108 Å². The molecule has 0 unspecified atom stereocenters. The Hall–Kier alpha value is -4.12. The Morgan fingerprint density at radius 2 is 2.13 bits per heavy atom. The number of amides is 1. The van der Waals surface area contributed by atoms with E-state index in [-0.39, 0.29) is 23.3 Å². The van der Waals surface area contributed by atoms with E-state index >= 15 is 0 Å². The zero-order chi connectivity index (χ0) is 29.0. The summed E-state index contributed by atoms with van der Waals surface area (Å²) in [6.07, 6.45) is 1.65. The molecule has 0 saturated heterocycles. The minimum absolute atomic E-state index is 0.00621. The van der Waals surface area contributed by atoms with Crippen molar-refractivity contribution >= 4 is 11.4 Å². The highest BCUT2D eigenvalue weighted by molar-refractivity contribution is 5.98. The van der Waals surface area contributed by atoms with Crippen molar-refractivity contribution in [3.05, 3.63) is 70.4 Å². The Balaban J connectivity index is 1.45. The van der Waals surface area contributed by atoms with Gasteiger partial charge in [0.05, 0.1) is 28.5 Å². The Labute approximate surface area is 220 Å². The summed E-state index contributed by atoms with van der Waals surface area (Å²) < 4.78 is 63.5. The van der Waals surface area contributed by atoms with Gasteiger partial charge in [-0.1, -0.05) is 6.07 Å². The lowest BCUT2D eigenvalue weighted by Gasteiger charge is -2.23. The summed E-state index contributed by atoms with van der Waals surface area (Å²) >= 11 is 0. The molecule has 1 aromatic carbocycles. The van der Waals surface area contributed by atoms with E-state index < -0.39 is 37.0 Å². The number of fused-ring (bicyclic) bond motifs is 10. The lowest BCUT2D eigenvalue weighted by Crippen LogP contribution is -2.35. The minimum Gasteiger partial charge on any atom is -0.489 e. The fourth-order valence-electron chi connectivity index (χ4n) is 5.91. The summed E-state index contributed by atoms with van der Waals surface area (Å²) in [5.74, 6) is -1.04. The second-order valence-corrected chi connectivity index (χ2v) is 10.2. The van der Waals surface area contributed by atoms with E-state index in [0.29, 0.717) is 51.8 Å². The molecule has 3 aliphatic rings. The smallest absolute Gasteiger partial charge is 0.387 e. The number of nitrogens with two attached hydrogens (primary N) is 1. The van der Waals surface area contributed by atoms with Crippen molar-refractivity contribution in [3.8, 4) is 22.8 Å². The van der Waals surface area contributed by atoms with Crippen molar-refractivity contribution < 1.29 is 27.2 Å². The summed E-state index contributed by atoms with van der Waals surface area (Å²) in [6, 6.07) is 6.94. The fraction of sp³-hybridized carbons (Fsp3) is 0.333. The number of pyridine rings is 1. The largest absolute Gasteiger partial charge is 0.489 e. The molecular formula is C27H24F2N6O3. The molecule has 194 valence electrons. The van der Waals surface area contributed by atoms with Crippen LogP contribution in [0.25, 0.3) is 16.8 Å². The van der Waals surface area contributed by atoms with Crippen LogP contribution in [0.1, 0.15) is 68.0 Å². The summed E-state index contributed by atoms with van der Waals surface area (Å²) in [5.41, 5.74) is 10.0. The SMILES string of the molecule is [2H]C([2H])([2H])N1C(=O)c2cccc(OC(F)F)c2[C@H]2C[C@@H]1c1nn3cnc(-c4cc5c(nc4C)[C@@](C)(N)CO5)cc3c12. The van der Waals surface area contributed by atoms with Crippen molar-refractivity contribution in [2.24, 2.45) is 5.73 Å². The van der Waals surface area contributed by atoms with Gasteiger partial charge in [-0.05, 0) is 44.5 Å². The van der Waals surface area contributed by atoms with Gasteiger partial charge in [0.2, 0.25) is 0 Å². The van der Waals surface area contributed by atoms with E-state index in [1.807, 2.05) is 19.9 Å². The Kier molecular flexibility index (Phi) is 4.04. The van der Waals surface area contributed by atoms with Gasteiger partial charge in [0.1, 0.15) is 30.1 Å². The maximum atomic E-state index is 13.6. The molecule has 1 amide bonds. The first-order valence-corrected chi connectivity index (χ1v) is 12.1. The predicted molar refractivity (Wildman–Crippen MR) is 132 cm³/mol. The molecule has 5 heterocycles. The Morgan fingerprint density at radius 3 is 2.92 bits per heavy atom. The number of rotatable bonds is 3. The number of nitrogens with zero attached hydrogens (tertiary/aromatic N) is 5. The number of carbonyl (C=O) groups is 1. The zero-order valence-corrected chi connectivity index (χ0v) is 20.4. The van der Waals surface area contributed by atoms with Crippen molar-refractivity contribution in [1.29, 1.82) is 0 Å². The highest BCUT2D eigenvalue weighted by atomic mass is 19.3. The molecule has 0 fully saturated rings. The van der Waals surface area contributed by atoms with Crippen molar-refractivity contribution in [3.63, 3.8) is 0 Å². The predicted octanol–water partition coefficient (Wildman–Crippen LogP) is 3.93. The third kappa shape index (κ3) is 3.11. The summed E-state index contributed by atoms with van der Waals surface area (Å²) in [6.45, 7) is -1.95. The first-order chi connectivity index (χ1) is 19.3. The number of hydrogen-bond acceptors (Lipinski definition) is 7. The maximum Gasteiger partial charge on any atom is 0.387 e. The van der Waals surface area contributed by atoms with Crippen LogP contribution in [0, 0.1) is 6.92 Å². The van der Waals surface area contributed by atoms with Gasteiger partial charge < -0.3 is 20.1 Å². The number of benzene rings is 1. The van der Waals surface area contributed by atoms with E-state index in [4.69, 9.17) is 24.3 Å². The summed E-state index contributed by atoms with van der Waals surface area (Å²) in [7, 11) is 0. The molecular weight excluding hydrogens is 494 g/mol. The van der Waals surface area contributed by atoms with Crippen LogP contribution in [0.2, 0.25) is 0 Å². The molecule has 38 heavy (non-hydrogen) atoms. The lowest BCUT2D eigenvalue weighted by atomic mass is 9.88. The molecule has 3 atom stereocenters. The molecule has 1 aliphatic carbocycles. The average molecular weight is 522 g/mol. The third-order valence-electron chi connectivity index (χ3n) is 7.63. The molecule has 7 rings (SSSR count). The molecule has 9 nitrogen and oxygen atoms in total. The number of hydrogen-bond donors (Lipinski definition) is 1. The van der Waals surface area contributed by atoms with Gasteiger partial charge >= 0.3 is 6.61 Å². The fourth-order valence-corrected chi connectivity index (χ4v) is 5.91. The van der Waals surface area contributed by atoms with Crippen LogP contribution in [0.15, 0.2) is 36.7 Å². The zero-order valence-electron chi connectivity index (χ0n) is 23.4. The van der Waals surface area contributed by atoms with Gasteiger partial charge in [-0.15, -0.1) is 0 Å². The minimum atomic E-state index is -3.14. The van der Waals surface area contributed by atoms with E-state index in [9.17, 15) is 13.6 Å². The van der Waals surface area contributed by atoms with Crippen LogP contribution in [0.5, 0.6) is 11.5 Å². The molecule has 0 radical (unpaired) electrons. The number of carbonyl (C=O) groups excluding carboxylic acids is 1. The average Bonchev–Trinajstić information content (AvgIpc) is 3.49. The number of aromatic nitrogens is 4. The van der Waals surface area contributed by atoms with Gasteiger partial charge in [0.15, 0.2) is 0 Å².